The molecule has 7 heteroatoms. The Morgan fingerprint density at radius 2 is 1.83 bits per heavy atom. The van der Waals surface area contributed by atoms with Crippen LogP contribution >= 0.6 is 11.3 Å². The summed E-state index contributed by atoms with van der Waals surface area (Å²) in [6.07, 6.45) is 1.24. The Bertz CT molecular complexity index is 899. The summed E-state index contributed by atoms with van der Waals surface area (Å²) < 4.78 is 5.18. The molecule has 1 fully saturated rings. The molecule has 1 N–H and O–H groups in total. The average molecular weight is 429 g/mol. The Morgan fingerprint density at radius 1 is 1.17 bits per heavy atom. The summed E-state index contributed by atoms with van der Waals surface area (Å²) in [7, 11) is 0. The Kier molecular flexibility index (Phi) is 7.26. The monoisotopic (exact) mass is 428 g/mol. The summed E-state index contributed by atoms with van der Waals surface area (Å²) >= 11 is 1.37. The van der Waals surface area contributed by atoms with Gasteiger partial charge >= 0.3 is 5.97 Å². The molecule has 2 aromatic rings. The summed E-state index contributed by atoms with van der Waals surface area (Å²) in [5.41, 5.74) is 1.36. The molecule has 0 radical (unpaired) electrons. The van der Waals surface area contributed by atoms with Crippen LogP contribution in [0, 0.1) is 11.8 Å². The third-order valence-corrected chi connectivity index (χ3v) is 6.29. The summed E-state index contributed by atoms with van der Waals surface area (Å²) in [6, 6.07) is 11.5. The number of esters is 1. The highest BCUT2D eigenvalue weighted by Gasteiger charge is 2.29. The van der Waals surface area contributed by atoms with Crippen molar-refractivity contribution in [1.29, 1.82) is 0 Å². The van der Waals surface area contributed by atoms with Crippen LogP contribution in [0.15, 0.2) is 36.4 Å². The lowest BCUT2D eigenvalue weighted by Crippen LogP contribution is -2.43. The molecule has 0 spiro atoms. The van der Waals surface area contributed by atoms with Gasteiger partial charge in [-0.15, -0.1) is 11.3 Å². The number of benzene rings is 1. The fraction of sp³-hybridized carbons (Fsp3) is 0.435. The molecule has 1 aliphatic heterocycles. The molecule has 1 aromatic heterocycles. The van der Waals surface area contributed by atoms with E-state index >= 15 is 0 Å². The second-order valence-electron chi connectivity index (χ2n) is 7.68. The molecule has 0 atom stereocenters. The Hall–Kier alpha value is -2.67. The SMILES string of the molecule is CCOC(=O)c1cc(-c2ccccc2)sc1NC(=O)C1CCN(C(=O)C(C)C)CC1. The number of nitrogens with one attached hydrogen (secondary N) is 1. The van der Waals surface area contributed by atoms with Crippen LogP contribution < -0.4 is 5.32 Å². The van der Waals surface area contributed by atoms with Crippen LogP contribution in [0.3, 0.4) is 0 Å². The van der Waals surface area contributed by atoms with Crippen LogP contribution in [0.5, 0.6) is 0 Å². The second kappa shape index (κ2) is 9.89. The third kappa shape index (κ3) is 5.08. The lowest BCUT2D eigenvalue weighted by Gasteiger charge is -2.32. The van der Waals surface area contributed by atoms with E-state index in [1.54, 1.807) is 13.0 Å². The number of piperidine rings is 1. The highest BCUT2D eigenvalue weighted by Crippen LogP contribution is 2.36. The van der Waals surface area contributed by atoms with E-state index in [0.29, 0.717) is 36.5 Å². The Morgan fingerprint density at radius 3 is 2.43 bits per heavy atom. The molecule has 6 nitrogen and oxygen atoms in total. The minimum Gasteiger partial charge on any atom is -0.462 e. The van der Waals surface area contributed by atoms with Crippen molar-refractivity contribution in [3.05, 3.63) is 42.0 Å². The van der Waals surface area contributed by atoms with Gasteiger partial charge in [-0.05, 0) is 31.4 Å². The fourth-order valence-electron chi connectivity index (χ4n) is 3.53. The first-order valence-corrected chi connectivity index (χ1v) is 11.2. The van der Waals surface area contributed by atoms with Gasteiger partial charge in [-0.2, -0.15) is 0 Å². The number of hydrogen-bond donors (Lipinski definition) is 1. The van der Waals surface area contributed by atoms with Crippen molar-refractivity contribution >= 4 is 34.1 Å². The van der Waals surface area contributed by atoms with Gasteiger partial charge in [-0.1, -0.05) is 44.2 Å². The zero-order chi connectivity index (χ0) is 21.7. The summed E-state index contributed by atoms with van der Waals surface area (Å²) in [5, 5.41) is 3.46. The number of hydrogen-bond acceptors (Lipinski definition) is 5. The molecule has 0 aliphatic carbocycles. The number of ether oxygens (including phenoxy) is 1. The zero-order valence-electron chi connectivity index (χ0n) is 17.6. The molecule has 160 valence electrons. The lowest BCUT2D eigenvalue weighted by molar-refractivity contribution is -0.137. The number of nitrogens with zero attached hydrogens (tertiary/aromatic N) is 1. The second-order valence-corrected chi connectivity index (χ2v) is 8.74. The van der Waals surface area contributed by atoms with Gasteiger partial charge in [0.15, 0.2) is 0 Å². The number of carbonyl (C=O) groups is 3. The predicted molar refractivity (Wildman–Crippen MR) is 118 cm³/mol. The molecule has 1 aromatic carbocycles. The lowest BCUT2D eigenvalue weighted by atomic mass is 9.95. The van der Waals surface area contributed by atoms with E-state index in [1.165, 1.54) is 11.3 Å². The van der Waals surface area contributed by atoms with Crippen LogP contribution in [0.25, 0.3) is 10.4 Å². The Labute approximate surface area is 181 Å². The first-order valence-electron chi connectivity index (χ1n) is 10.4. The van der Waals surface area contributed by atoms with Crippen molar-refractivity contribution in [2.24, 2.45) is 11.8 Å². The van der Waals surface area contributed by atoms with E-state index in [0.717, 1.165) is 10.4 Å². The van der Waals surface area contributed by atoms with E-state index in [1.807, 2.05) is 49.1 Å². The number of anilines is 1. The highest BCUT2D eigenvalue weighted by molar-refractivity contribution is 7.20. The first-order chi connectivity index (χ1) is 14.4. The summed E-state index contributed by atoms with van der Waals surface area (Å²) in [4.78, 5) is 40.2. The number of amides is 2. The molecule has 3 rings (SSSR count). The Balaban J connectivity index is 1.73. The maximum Gasteiger partial charge on any atom is 0.341 e. The maximum atomic E-state index is 12.9. The molecule has 2 amide bonds. The van der Waals surface area contributed by atoms with Crippen molar-refractivity contribution in [2.75, 3.05) is 25.0 Å². The first kappa shape index (κ1) is 22.0. The van der Waals surface area contributed by atoms with Gasteiger partial charge in [0.05, 0.1) is 12.2 Å². The molecular weight excluding hydrogens is 400 g/mol. The van der Waals surface area contributed by atoms with Gasteiger partial charge < -0.3 is 15.0 Å². The van der Waals surface area contributed by atoms with Crippen molar-refractivity contribution in [3.63, 3.8) is 0 Å². The van der Waals surface area contributed by atoms with Crippen molar-refractivity contribution < 1.29 is 19.1 Å². The normalized spacial score (nSPS) is 14.6. The van der Waals surface area contributed by atoms with E-state index in [4.69, 9.17) is 4.74 Å². The maximum absolute atomic E-state index is 12.9. The molecule has 30 heavy (non-hydrogen) atoms. The number of rotatable bonds is 6. The number of carbonyl (C=O) groups excluding carboxylic acids is 3. The van der Waals surface area contributed by atoms with Crippen LogP contribution in [0.1, 0.15) is 44.0 Å². The van der Waals surface area contributed by atoms with Gasteiger partial charge in [0, 0.05) is 29.8 Å². The van der Waals surface area contributed by atoms with Crippen LogP contribution in [0.4, 0.5) is 5.00 Å². The topological polar surface area (TPSA) is 75.7 Å². The van der Waals surface area contributed by atoms with E-state index in [9.17, 15) is 14.4 Å². The minimum absolute atomic E-state index is 0.0370. The number of thiophene rings is 1. The van der Waals surface area contributed by atoms with E-state index in [-0.39, 0.29) is 30.3 Å². The minimum atomic E-state index is -0.441. The van der Waals surface area contributed by atoms with E-state index < -0.39 is 5.97 Å². The van der Waals surface area contributed by atoms with Crippen molar-refractivity contribution in [3.8, 4) is 10.4 Å². The molecular formula is C23H28N2O4S. The standard InChI is InChI=1S/C23H28N2O4S/c1-4-29-23(28)18-14-19(16-8-6-5-7-9-16)30-21(18)24-20(26)17-10-12-25(13-11-17)22(27)15(2)3/h5-9,14-15,17H,4,10-13H2,1-3H3,(H,24,26). The summed E-state index contributed by atoms with van der Waals surface area (Å²) in [5.74, 6) is -0.643. The van der Waals surface area contributed by atoms with Crippen molar-refractivity contribution in [2.45, 2.75) is 33.6 Å². The molecule has 2 heterocycles. The molecule has 1 saturated heterocycles. The van der Waals surface area contributed by atoms with Gasteiger partial charge in [0.25, 0.3) is 0 Å². The highest BCUT2D eigenvalue weighted by atomic mass is 32.1. The zero-order valence-corrected chi connectivity index (χ0v) is 18.5. The van der Waals surface area contributed by atoms with Gasteiger partial charge in [-0.25, -0.2) is 4.79 Å². The largest absolute Gasteiger partial charge is 0.462 e. The molecule has 0 unspecified atom stereocenters. The average Bonchev–Trinajstić information content (AvgIpc) is 3.18. The molecule has 0 bridgehead atoms. The molecule has 1 aliphatic rings. The quantitative estimate of drug-likeness (QED) is 0.691. The van der Waals surface area contributed by atoms with Crippen LogP contribution in [-0.4, -0.2) is 42.4 Å². The number of likely N-dealkylation sites (tertiary alicyclic amines) is 1. The third-order valence-electron chi connectivity index (χ3n) is 5.19. The predicted octanol–water partition coefficient (Wildman–Crippen LogP) is 4.42. The fourth-order valence-corrected chi connectivity index (χ4v) is 4.58. The van der Waals surface area contributed by atoms with Gasteiger partial charge in [0.2, 0.25) is 11.8 Å². The molecule has 0 saturated carbocycles. The van der Waals surface area contributed by atoms with Crippen molar-refractivity contribution in [1.82, 2.24) is 4.90 Å². The summed E-state index contributed by atoms with van der Waals surface area (Å²) in [6.45, 7) is 6.97. The van der Waals surface area contributed by atoms with Crippen LogP contribution in [0.2, 0.25) is 0 Å². The van der Waals surface area contributed by atoms with E-state index in [2.05, 4.69) is 5.32 Å². The van der Waals surface area contributed by atoms with Crippen LogP contribution in [-0.2, 0) is 14.3 Å². The van der Waals surface area contributed by atoms with Gasteiger partial charge in [-0.3, -0.25) is 9.59 Å². The van der Waals surface area contributed by atoms with Gasteiger partial charge in [0.1, 0.15) is 5.00 Å². The smallest absolute Gasteiger partial charge is 0.341 e.